The zero-order valence-electron chi connectivity index (χ0n) is 14.7. The van der Waals surface area contributed by atoms with Gasteiger partial charge in [-0.15, -0.1) is 15.0 Å². The van der Waals surface area contributed by atoms with Gasteiger partial charge in [-0.1, -0.05) is 51.1 Å². The van der Waals surface area contributed by atoms with Gasteiger partial charge in [-0.3, -0.25) is 0 Å². The van der Waals surface area contributed by atoms with E-state index in [2.05, 4.69) is 43.6 Å². The van der Waals surface area contributed by atoms with Crippen LogP contribution in [0.25, 0.3) is 16.7 Å². The Kier molecular flexibility index (Phi) is 3.91. The highest BCUT2D eigenvalue weighted by atomic mass is 16.3. The molecule has 0 spiro atoms. The Morgan fingerprint density at radius 2 is 1.71 bits per heavy atom. The summed E-state index contributed by atoms with van der Waals surface area (Å²) in [5.74, 6) is 0.230. The highest BCUT2D eigenvalue weighted by Gasteiger charge is 2.23. The summed E-state index contributed by atoms with van der Waals surface area (Å²) >= 11 is 0. The molecule has 0 saturated carbocycles. The lowest BCUT2D eigenvalue weighted by molar-refractivity contribution is 0.440. The molecule has 4 heteroatoms. The number of phenols is 1. The van der Waals surface area contributed by atoms with Crippen LogP contribution in [-0.4, -0.2) is 20.1 Å². The third-order valence-corrected chi connectivity index (χ3v) is 3.97. The molecule has 0 aliphatic carbocycles. The van der Waals surface area contributed by atoms with Crippen LogP contribution in [0.15, 0.2) is 48.6 Å². The number of allylic oxidation sites excluding steroid dienone is 1. The molecule has 4 nitrogen and oxygen atoms in total. The summed E-state index contributed by atoms with van der Waals surface area (Å²) in [6.07, 6.45) is 0.761. The van der Waals surface area contributed by atoms with E-state index in [0.29, 0.717) is 5.69 Å². The molecule has 0 atom stereocenters. The molecule has 0 saturated heterocycles. The standard InChI is InChI=1S/C20H23N3O/c1-13(2)10-14-11-15(20(3,4)5)19(24)18(12-14)23-21-16-8-6-7-9-17(16)22-23/h6-9,11-12,24H,1,10H2,2-5H3. The van der Waals surface area contributed by atoms with Crippen LogP contribution < -0.4 is 0 Å². The summed E-state index contributed by atoms with van der Waals surface area (Å²) < 4.78 is 0. The van der Waals surface area contributed by atoms with Crippen LogP contribution in [0.5, 0.6) is 5.75 Å². The Hall–Kier alpha value is -2.62. The topological polar surface area (TPSA) is 50.9 Å². The fourth-order valence-corrected chi connectivity index (χ4v) is 2.82. The molecule has 3 aromatic rings. The summed E-state index contributed by atoms with van der Waals surface area (Å²) in [5, 5.41) is 19.9. The Balaban J connectivity index is 2.23. The predicted octanol–water partition coefficient (Wildman–Crippen LogP) is 4.54. The number of fused-ring (bicyclic) bond motifs is 1. The summed E-state index contributed by atoms with van der Waals surface area (Å²) in [6.45, 7) is 12.3. The summed E-state index contributed by atoms with van der Waals surface area (Å²) in [6, 6.07) is 11.7. The maximum atomic E-state index is 10.8. The molecule has 0 radical (unpaired) electrons. The third-order valence-electron chi connectivity index (χ3n) is 3.97. The van der Waals surface area contributed by atoms with Crippen LogP contribution in [-0.2, 0) is 11.8 Å². The van der Waals surface area contributed by atoms with Crippen molar-refractivity contribution in [2.24, 2.45) is 0 Å². The average Bonchev–Trinajstić information content (AvgIpc) is 2.90. The van der Waals surface area contributed by atoms with Gasteiger partial charge < -0.3 is 5.11 Å². The molecule has 0 fully saturated rings. The van der Waals surface area contributed by atoms with Gasteiger partial charge in [0.15, 0.2) is 0 Å². The normalized spacial score (nSPS) is 11.8. The average molecular weight is 321 g/mol. The van der Waals surface area contributed by atoms with E-state index >= 15 is 0 Å². The van der Waals surface area contributed by atoms with Crippen LogP contribution in [0.1, 0.15) is 38.8 Å². The van der Waals surface area contributed by atoms with Gasteiger partial charge >= 0.3 is 0 Å². The number of hydrogen-bond donors (Lipinski definition) is 1. The van der Waals surface area contributed by atoms with Gasteiger partial charge in [-0.25, -0.2) is 0 Å². The number of aromatic hydroxyl groups is 1. The first-order valence-corrected chi connectivity index (χ1v) is 8.09. The molecule has 0 amide bonds. The number of phenolic OH excluding ortho intramolecular Hbond substituents is 1. The van der Waals surface area contributed by atoms with Gasteiger partial charge in [-0.05, 0) is 42.5 Å². The molecule has 1 aromatic heterocycles. The van der Waals surface area contributed by atoms with Crippen LogP contribution in [0.4, 0.5) is 0 Å². The van der Waals surface area contributed by atoms with Gasteiger partial charge in [0.2, 0.25) is 0 Å². The lowest BCUT2D eigenvalue weighted by Crippen LogP contribution is -2.14. The molecule has 2 aromatic carbocycles. The highest BCUT2D eigenvalue weighted by Crippen LogP contribution is 2.36. The fourth-order valence-electron chi connectivity index (χ4n) is 2.82. The van der Waals surface area contributed by atoms with Crippen molar-refractivity contribution in [1.82, 2.24) is 15.0 Å². The van der Waals surface area contributed by atoms with Crippen molar-refractivity contribution in [3.05, 3.63) is 59.7 Å². The van der Waals surface area contributed by atoms with E-state index in [1.54, 1.807) is 0 Å². The van der Waals surface area contributed by atoms with Gasteiger partial charge in [0.1, 0.15) is 22.5 Å². The number of rotatable bonds is 3. The number of aromatic nitrogens is 3. The maximum Gasteiger partial charge on any atom is 0.146 e. The second-order valence-electron chi connectivity index (χ2n) is 7.37. The second-order valence-corrected chi connectivity index (χ2v) is 7.37. The minimum Gasteiger partial charge on any atom is -0.505 e. The van der Waals surface area contributed by atoms with Crippen molar-refractivity contribution >= 4 is 11.0 Å². The largest absolute Gasteiger partial charge is 0.505 e. The van der Waals surface area contributed by atoms with Crippen molar-refractivity contribution < 1.29 is 5.11 Å². The molecular formula is C20H23N3O. The van der Waals surface area contributed by atoms with E-state index in [9.17, 15) is 5.11 Å². The molecule has 1 N–H and O–H groups in total. The number of nitrogens with zero attached hydrogens (tertiary/aromatic N) is 3. The Labute approximate surface area is 142 Å². The molecule has 0 bridgehead atoms. The summed E-state index contributed by atoms with van der Waals surface area (Å²) in [7, 11) is 0. The minimum atomic E-state index is -0.184. The van der Waals surface area contributed by atoms with E-state index in [1.165, 1.54) is 4.80 Å². The molecule has 0 unspecified atom stereocenters. The SMILES string of the molecule is C=C(C)Cc1cc(-n2nc3ccccc3n2)c(O)c(C(C)(C)C)c1. The molecule has 1 heterocycles. The first kappa shape index (κ1) is 16.2. The van der Waals surface area contributed by atoms with E-state index in [1.807, 2.05) is 37.3 Å². The van der Waals surface area contributed by atoms with Crippen LogP contribution in [0, 0.1) is 0 Å². The third kappa shape index (κ3) is 3.04. The lowest BCUT2D eigenvalue weighted by Gasteiger charge is -2.23. The lowest BCUT2D eigenvalue weighted by atomic mass is 9.84. The van der Waals surface area contributed by atoms with Crippen molar-refractivity contribution in [1.29, 1.82) is 0 Å². The van der Waals surface area contributed by atoms with Crippen molar-refractivity contribution in [3.8, 4) is 11.4 Å². The first-order chi connectivity index (χ1) is 11.3. The first-order valence-electron chi connectivity index (χ1n) is 8.09. The van der Waals surface area contributed by atoms with Crippen LogP contribution in [0.3, 0.4) is 0 Å². The van der Waals surface area contributed by atoms with Gasteiger partial charge in [0, 0.05) is 5.56 Å². The van der Waals surface area contributed by atoms with Crippen molar-refractivity contribution in [2.75, 3.05) is 0 Å². The Morgan fingerprint density at radius 1 is 1.12 bits per heavy atom. The van der Waals surface area contributed by atoms with Gasteiger partial charge in [-0.2, -0.15) is 0 Å². The van der Waals surface area contributed by atoms with E-state index in [0.717, 1.165) is 34.2 Å². The molecule has 124 valence electrons. The summed E-state index contributed by atoms with van der Waals surface area (Å²) in [5.41, 5.74) is 5.09. The molecule has 0 aliphatic rings. The molecule has 3 rings (SSSR count). The Bertz CT molecular complexity index is 883. The zero-order chi connectivity index (χ0) is 17.5. The zero-order valence-corrected chi connectivity index (χ0v) is 14.7. The van der Waals surface area contributed by atoms with Crippen molar-refractivity contribution in [3.63, 3.8) is 0 Å². The maximum absolute atomic E-state index is 10.8. The quantitative estimate of drug-likeness (QED) is 0.720. The number of benzene rings is 2. The smallest absolute Gasteiger partial charge is 0.146 e. The highest BCUT2D eigenvalue weighted by molar-refractivity contribution is 5.73. The molecular weight excluding hydrogens is 298 g/mol. The second kappa shape index (κ2) is 5.78. The van der Waals surface area contributed by atoms with Crippen LogP contribution >= 0.6 is 0 Å². The fraction of sp³-hybridized carbons (Fsp3) is 0.300. The monoisotopic (exact) mass is 321 g/mol. The number of hydrogen-bond acceptors (Lipinski definition) is 3. The minimum absolute atomic E-state index is 0.184. The van der Waals surface area contributed by atoms with E-state index in [4.69, 9.17) is 0 Å². The van der Waals surface area contributed by atoms with E-state index < -0.39 is 0 Å². The molecule has 0 aliphatic heterocycles. The molecule has 24 heavy (non-hydrogen) atoms. The van der Waals surface area contributed by atoms with Gasteiger partial charge in [0.25, 0.3) is 0 Å². The predicted molar refractivity (Wildman–Crippen MR) is 97.7 cm³/mol. The van der Waals surface area contributed by atoms with Crippen LogP contribution in [0.2, 0.25) is 0 Å². The Morgan fingerprint density at radius 3 is 2.21 bits per heavy atom. The van der Waals surface area contributed by atoms with Crippen molar-refractivity contribution in [2.45, 2.75) is 39.5 Å². The summed E-state index contributed by atoms with van der Waals surface area (Å²) in [4.78, 5) is 1.52. The van der Waals surface area contributed by atoms with E-state index in [-0.39, 0.29) is 11.2 Å². The van der Waals surface area contributed by atoms with Gasteiger partial charge in [0.05, 0.1) is 0 Å².